The molecule has 1 amide bonds. The van der Waals surface area contributed by atoms with Gasteiger partial charge in [-0.3, -0.25) is 0 Å². The van der Waals surface area contributed by atoms with Gasteiger partial charge in [-0.1, -0.05) is 48.5 Å². The van der Waals surface area contributed by atoms with E-state index in [4.69, 9.17) is 4.74 Å². The van der Waals surface area contributed by atoms with Crippen molar-refractivity contribution >= 4 is 6.09 Å². The minimum atomic E-state index is -0.340. The SMILES string of the molecule is O=C(NC1C2CC3C(C2)C31CO)OCC1c2ccccc2-c2ccccc21. The molecule has 5 aliphatic rings. The standard InChI is InChI=1S/C23H23NO3/c25-12-23-19-9-13(10-20(19)23)21(23)24-22(26)27-11-18-16-7-3-1-5-14(16)15-6-2-4-8-17(15)18/h1-8,13,18-21,25H,9-12H2,(H,24,26). The first-order chi connectivity index (χ1) is 13.2. The van der Waals surface area contributed by atoms with Crippen molar-refractivity contribution in [3.63, 3.8) is 0 Å². The van der Waals surface area contributed by atoms with E-state index >= 15 is 0 Å². The quantitative estimate of drug-likeness (QED) is 0.876. The zero-order valence-electron chi connectivity index (χ0n) is 15.1. The minimum Gasteiger partial charge on any atom is -0.449 e. The summed E-state index contributed by atoms with van der Waals surface area (Å²) in [5.74, 6) is 1.84. The number of rotatable bonds is 4. The van der Waals surface area contributed by atoms with E-state index in [1.165, 1.54) is 22.3 Å². The van der Waals surface area contributed by atoms with Crippen molar-refractivity contribution in [3.8, 4) is 11.1 Å². The third-order valence-electron chi connectivity index (χ3n) is 7.81. The number of benzene rings is 2. The Morgan fingerprint density at radius 1 is 1.04 bits per heavy atom. The average Bonchev–Trinajstić information content (AvgIpc) is 3.13. The average molecular weight is 361 g/mol. The Kier molecular flexibility index (Phi) is 3.11. The van der Waals surface area contributed by atoms with Gasteiger partial charge in [-0.15, -0.1) is 0 Å². The lowest BCUT2D eigenvalue weighted by Gasteiger charge is -2.23. The second-order valence-corrected chi connectivity index (χ2v) is 8.66. The fraction of sp³-hybridized carbons (Fsp3) is 0.435. The number of hydrogen-bond acceptors (Lipinski definition) is 3. The molecular formula is C23H23NO3. The summed E-state index contributed by atoms with van der Waals surface area (Å²) in [5.41, 5.74) is 4.88. The maximum absolute atomic E-state index is 12.6. The van der Waals surface area contributed by atoms with E-state index in [2.05, 4.69) is 41.7 Å². The van der Waals surface area contributed by atoms with Gasteiger partial charge < -0.3 is 15.2 Å². The number of amides is 1. The van der Waals surface area contributed by atoms with Crippen LogP contribution in [0.1, 0.15) is 29.9 Å². The lowest BCUT2D eigenvalue weighted by molar-refractivity contribution is 0.123. The van der Waals surface area contributed by atoms with Crippen LogP contribution in [0.2, 0.25) is 0 Å². The number of nitrogens with one attached hydrogen (secondary N) is 1. The monoisotopic (exact) mass is 361 g/mol. The summed E-state index contributed by atoms with van der Waals surface area (Å²) in [6.45, 7) is 0.531. The lowest BCUT2D eigenvalue weighted by Crippen LogP contribution is -2.43. The van der Waals surface area contributed by atoms with Gasteiger partial charge in [0.15, 0.2) is 0 Å². The third kappa shape index (κ3) is 1.94. The van der Waals surface area contributed by atoms with Gasteiger partial charge in [0.2, 0.25) is 0 Å². The summed E-state index contributed by atoms with van der Waals surface area (Å²) in [7, 11) is 0. The van der Waals surface area contributed by atoms with Crippen LogP contribution in [0.15, 0.2) is 48.5 Å². The van der Waals surface area contributed by atoms with Gasteiger partial charge in [0.05, 0.1) is 6.61 Å². The van der Waals surface area contributed by atoms with Gasteiger partial charge in [-0.05, 0) is 52.8 Å². The van der Waals surface area contributed by atoms with Crippen LogP contribution < -0.4 is 5.32 Å². The predicted molar refractivity (Wildman–Crippen MR) is 101 cm³/mol. The number of fused-ring (bicyclic) bond motifs is 3. The Hall–Kier alpha value is -2.33. The van der Waals surface area contributed by atoms with Crippen LogP contribution in [-0.4, -0.2) is 30.5 Å². The number of hydrogen-bond donors (Lipinski definition) is 2. The number of aliphatic hydroxyl groups is 1. The Labute approximate surface area is 158 Å². The molecule has 3 unspecified atom stereocenters. The molecule has 4 nitrogen and oxygen atoms in total. The predicted octanol–water partition coefficient (Wildman–Crippen LogP) is 3.54. The molecular weight excluding hydrogens is 338 g/mol. The molecule has 4 saturated carbocycles. The first-order valence-corrected chi connectivity index (χ1v) is 9.96. The second-order valence-electron chi connectivity index (χ2n) is 8.66. The first-order valence-electron chi connectivity index (χ1n) is 9.96. The van der Waals surface area contributed by atoms with Gasteiger partial charge in [0, 0.05) is 17.4 Å². The maximum atomic E-state index is 12.6. The molecule has 4 bridgehead atoms. The Morgan fingerprint density at radius 3 is 2.22 bits per heavy atom. The number of alkyl carbamates (subject to hydrolysis) is 1. The summed E-state index contributed by atoms with van der Waals surface area (Å²) < 4.78 is 5.69. The van der Waals surface area contributed by atoms with Crippen LogP contribution >= 0.6 is 0 Å². The minimum absolute atomic E-state index is 0.0454. The van der Waals surface area contributed by atoms with Gasteiger partial charge in [-0.25, -0.2) is 4.79 Å². The van der Waals surface area contributed by atoms with Crippen molar-refractivity contribution in [2.75, 3.05) is 13.2 Å². The van der Waals surface area contributed by atoms with Gasteiger partial charge >= 0.3 is 6.09 Å². The second kappa shape index (κ2) is 5.35. The Bertz CT molecular complexity index is 881. The van der Waals surface area contributed by atoms with Gasteiger partial charge in [-0.2, -0.15) is 0 Å². The van der Waals surface area contributed by atoms with Crippen molar-refractivity contribution in [1.82, 2.24) is 5.32 Å². The molecule has 0 aliphatic heterocycles. The normalized spacial score (nSPS) is 34.3. The fourth-order valence-corrected chi connectivity index (χ4v) is 6.67. The van der Waals surface area contributed by atoms with Crippen LogP contribution in [0.25, 0.3) is 11.1 Å². The van der Waals surface area contributed by atoms with Crippen LogP contribution in [0, 0.1) is 23.2 Å². The molecule has 2 aromatic carbocycles. The van der Waals surface area contributed by atoms with E-state index in [1.54, 1.807) is 0 Å². The van der Waals surface area contributed by atoms with E-state index in [0.29, 0.717) is 24.4 Å². The first kappa shape index (κ1) is 15.7. The van der Waals surface area contributed by atoms with Crippen molar-refractivity contribution in [1.29, 1.82) is 0 Å². The lowest BCUT2D eigenvalue weighted by atomic mass is 9.98. The largest absolute Gasteiger partial charge is 0.449 e. The molecule has 7 rings (SSSR count). The highest BCUT2D eigenvalue weighted by atomic mass is 16.5. The summed E-state index contributed by atoms with van der Waals surface area (Å²) >= 11 is 0. The molecule has 0 heterocycles. The number of aliphatic hydroxyl groups excluding tert-OH is 1. The third-order valence-corrected chi connectivity index (χ3v) is 7.81. The molecule has 0 saturated heterocycles. The van der Waals surface area contributed by atoms with Crippen molar-refractivity contribution in [2.24, 2.45) is 23.2 Å². The van der Waals surface area contributed by atoms with Crippen molar-refractivity contribution < 1.29 is 14.6 Å². The zero-order valence-corrected chi connectivity index (χ0v) is 15.1. The molecule has 4 heteroatoms. The molecule has 4 fully saturated rings. The van der Waals surface area contributed by atoms with Crippen LogP contribution in [0.4, 0.5) is 4.79 Å². The van der Waals surface area contributed by atoms with Crippen LogP contribution in [0.3, 0.4) is 0 Å². The molecule has 138 valence electrons. The highest BCUT2D eigenvalue weighted by Gasteiger charge is 2.79. The molecule has 2 N–H and O–H groups in total. The summed E-state index contributed by atoms with van der Waals surface area (Å²) in [4.78, 5) is 12.6. The Morgan fingerprint density at radius 2 is 1.63 bits per heavy atom. The number of ether oxygens (including phenoxy) is 1. The van der Waals surface area contributed by atoms with Gasteiger partial charge in [0.1, 0.15) is 6.61 Å². The molecule has 27 heavy (non-hydrogen) atoms. The smallest absolute Gasteiger partial charge is 0.407 e. The van der Waals surface area contributed by atoms with E-state index in [9.17, 15) is 9.90 Å². The maximum Gasteiger partial charge on any atom is 0.407 e. The fourth-order valence-electron chi connectivity index (χ4n) is 6.67. The number of carbonyl (C=O) groups is 1. The molecule has 3 atom stereocenters. The van der Waals surface area contributed by atoms with E-state index in [-0.39, 0.29) is 30.1 Å². The van der Waals surface area contributed by atoms with Crippen LogP contribution in [0.5, 0.6) is 0 Å². The van der Waals surface area contributed by atoms with E-state index in [0.717, 1.165) is 12.8 Å². The summed E-state index contributed by atoms with van der Waals surface area (Å²) in [6.07, 6.45) is 1.96. The molecule has 0 spiro atoms. The Balaban J connectivity index is 1.18. The molecule has 5 aliphatic carbocycles. The summed E-state index contributed by atoms with van der Waals surface area (Å²) in [6, 6.07) is 16.8. The van der Waals surface area contributed by atoms with Crippen LogP contribution in [-0.2, 0) is 4.74 Å². The van der Waals surface area contributed by atoms with E-state index < -0.39 is 0 Å². The molecule has 0 aromatic heterocycles. The van der Waals surface area contributed by atoms with Gasteiger partial charge in [0.25, 0.3) is 0 Å². The topological polar surface area (TPSA) is 58.6 Å². The highest BCUT2D eigenvalue weighted by molar-refractivity contribution is 5.79. The van der Waals surface area contributed by atoms with Crippen molar-refractivity contribution in [2.45, 2.75) is 24.8 Å². The van der Waals surface area contributed by atoms with Crippen molar-refractivity contribution in [3.05, 3.63) is 59.7 Å². The highest BCUT2D eigenvalue weighted by Crippen LogP contribution is 2.78. The van der Waals surface area contributed by atoms with E-state index in [1.807, 2.05) is 12.1 Å². The molecule has 2 aromatic rings. The number of carbonyl (C=O) groups excluding carboxylic acids is 1. The molecule has 0 radical (unpaired) electrons. The zero-order chi connectivity index (χ0) is 18.2. The summed E-state index contributed by atoms with van der Waals surface area (Å²) in [5, 5.41) is 13.0.